The number of rotatable bonds is 7. The van der Waals surface area contributed by atoms with Crippen LogP contribution in [0.1, 0.15) is 37.0 Å². The van der Waals surface area contributed by atoms with E-state index in [4.69, 9.17) is 0 Å². The molecule has 2 nitrogen and oxygen atoms in total. The van der Waals surface area contributed by atoms with Gasteiger partial charge in [-0.1, -0.05) is 49.4 Å². The van der Waals surface area contributed by atoms with Gasteiger partial charge >= 0.3 is 0 Å². The van der Waals surface area contributed by atoms with Crippen LogP contribution in [0.5, 0.6) is 0 Å². The topological polar surface area (TPSA) is 29.4 Å². The summed E-state index contributed by atoms with van der Waals surface area (Å²) >= 11 is 1.81. The largest absolute Gasteiger partial charge is 0.294 e. The number of para-hydroxylation sites is 1. The molecule has 2 aromatic rings. The van der Waals surface area contributed by atoms with E-state index in [9.17, 15) is 4.79 Å². The summed E-state index contributed by atoms with van der Waals surface area (Å²) in [7, 11) is 0. The molecule has 0 bridgehead atoms. The van der Waals surface area contributed by atoms with Gasteiger partial charge in [0.25, 0.3) is 0 Å². The third kappa shape index (κ3) is 4.85. The van der Waals surface area contributed by atoms with Crippen LogP contribution < -0.4 is 0 Å². The fourth-order valence-corrected chi connectivity index (χ4v) is 2.95. The maximum absolute atomic E-state index is 12.2. The van der Waals surface area contributed by atoms with Crippen molar-refractivity contribution in [3.8, 4) is 0 Å². The molecule has 0 fully saturated rings. The maximum atomic E-state index is 12.2. The molecule has 0 aliphatic rings. The van der Waals surface area contributed by atoms with E-state index in [1.54, 1.807) is 0 Å². The first kappa shape index (κ1) is 16.5. The first-order valence-electron chi connectivity index (χ1n) is 7.55. The summed E-state index contributed by atoms with van der Waals surface area (Å²) in [5.74, 6) is 1.19. The average molecular weight is 311 g/mol. The highest BCUT2D eigenvalue weighted by molar-refractivity contribution is 7.99. The van der Waals surface area contributed by atoms with E-state index in [0.717, 1.165) is 29.1 Å². The third-order valence-electron chi connectivity index (χ3n) is 3.15. The van der Waals surface area contributed by atoms with E-state index in [1.807, 2.05) is 67.2 Å². The summed E-state index contributed by atoms with van der Waals surface area (Å²) in [6.45, 7) is 4.09. The Balaban J connectivity index is 2.10. The van der Waals surface area contributed by atoms with Crippen LogP contribution in [0.15, 0.2) is 64.5 Å². The lowest BCUT2D eigenvalue weighted by Crippen LogP contribution is -2.04. The van der Waals surface area contributed by atoms with Gasteiger partial charge in [0.15, 0.2) is 5.78 Å². The Kier molecular flexibility index (Phi) is 6.41. The second kappa shape index (κ2) is 8.54. The molecule has 3 heteroatoms. The molecule has 0 unspecified atom stereocenters. The van der Waals surface area contributed by atoms with Crippen LogP contribution in [-0.4, -0.2) is 17.2 Å². The van der Waals surface area contributed by atoms with Crippen molar-refractivity contribution in [2.45, 2.75) is 31.6 Å². The first-order valence-corrected chi connectivity index (χ1v) is 8.53. The predicted molar refractivity (Wildman–Crippen MR) is 95.6 cm³/mol. The number of benzene rings is 2. The SMILES string of the molecule is CCCSc1ccccc1N=C(C)CC(=O)c1ccccc1. The highest BCUT2D eigenvalue weighted by Crippen LogP contribution is 2.30. The van der Waals surface area contributed by atoms with E-state index >= 15 is 0 Å². The molecule has 0 saturated carbocycles. The Labute approximate surface area is 136 Å². The lowest BCUT2D eigenvalue weighted by Gasteiger charge is -2.06. The number of nitrogens with zero attached hydrogens (tertiary/aromatic N) is 1. The number of carbonyl (C=O) groups is 1. The Morgan fingerprint density at radius 2 is 1.73 bits per heavy atom. The zero-order chi connectivity index (χ0) is 15.8. The second-order valence-electron chi connectivity index (χ2n) is 5.13. The summed E-state index contributed by atoms with van der Waals surface area (Å²) in [6, 6.07) is 17.5. The number of ketones is 1. The molecule has 0 radical (unpaired) electrons. The van der Waals surface area contributed by atoms with Crippen LogP contribution in [0.4, 0.5) is 5.69 Å². The van der Waals surface area contributed by atoms with Gasteiger partial charge in [0, 0.05) is 22.6 Å². The first-order chi connectivity index (χ1) is 10.7. The molecule has 0 atom stereocenters. The average Bonchev–Trinajstić information content (AvgIpc) is 2.54. The third-order valence-corrected chi connectivity index (χ3v) is 4.42. The summed E-state index contributed by atoms with van der Waals surface area (Å²) in [5, 5.41) is 0. The summed E-state index contributed by atoms with van der Waals surface area (Å²) in [6.07, 6.45) is 1.49. The van der Waals surface area contributed by atoms with Crippen molar-refractivity contribution in [3.05, 3.63) is 60.2 Å². The number of hydrogen-bond donors (Lipinski definition) is 0. The zero-order valence-corrected chi connectivity index (χ0v) is 13.9. The normalized spacial score (nSPS) is 11.5. The summed E-state index contributed by atoms with van der Waals surface area (Å²) in [5.41, 5.74) is 2.54. The van der Waals surface area contributed by atoms with Crippen LogP contribution in [0, 0.1) is 0 Å². The monoisotopic (exact) mass is 311 g/mol. The van der Waals surface area contributed by atoms with Crippen molar-refractivity contribution < 1.29 is 4.79 Å². The van der Waals surface area contributed by atoms with Crippen molar-refractivity contribution in [2.24, 2.45) is 4.99 Å². The minimum atomic E-state index is 0.112. The number of carbonyl (C=O) groups excluding carboxylic acids is 1. The van der Waals surface area contributed by atoms with E-state index < -0.39 is 0 Å². The Morgan fingerprint density at radius 3 is 2.45 bits per heavy atom. The van der Waals surface area contributed by atoms with Gasteiger partial charge in [0.05, 0.1) is 5.69 Å². The van der Waals surface area contributed by atoms with E-state index in [-0.39, 0.29) is 5.78 Å². The quantitative estimate of drug-likeness (QED) is 0.381. The van der Waals surface area contributed by atoms with Crippen molar-refractivity contribution >= 4 is 28.9 Å². The molecule has 0 aromatic heterocycles. The lowest BCUT2D eigenvalue weighted by atomic mass is 10.1. The van der Waals surface area contributed by atoms with Crippen LogP contribution in [-0.2, 0) is 0 Å². The van der Waals surface area contributed by atoms with Crippen LogP contribution in [0.25, 0.3) is 0 Å². The zero-order valence-electron chi connectivity index (χ0n) is 13.1. The fourth-order valence-electron chi connectivity index (χ4n) is 2.09. The standard InChI is InChI=1S/C19H21NOS/c1-3-13-22-19-12-8-7-11-17(19)20-15(2)14-18(21)16-9-5-4-6-10-16/h4-12H,3,13-14H2,1-2H3. The van der Waals surface area contributed by atoms with Crippen LogP contribution in [0.2, 0.25) is 0 Å². The smallest absolute Gasteiger partial charge is 0.168 e. The second-order valence-corrected chi connectivity index (χ2v) is 6.27. The lowest BCUT2D eigenvalue weighted by molar-refractivity contribution is 0.100. The van der Waals surface area contributed by atoms with Gasteiger partial charge in [-0.15, -0.1) is 11.8 Å². The molecule has 0 spiro atoms. The minimum Gasteiger partial charge on any atom is -0.294 e. The van der Waals surface area contributed by atoms with Crippen LogP contribution >= 0.6 is 11.8 Å². The molecule has 2 aromatic carbocycles. The van der Waals surface area contributed by atoms with Gasteiger partial charge in [0.1, 0.15) is 0 Å². The van der Waals surface area contributed by atoms with Crippen molar-refractivity contribution in [1.82, 2.24) is 0 Å². The number of Topliss-reactive ketones (excluding diaryl/α,β-unsaturated/α-hetero) is 1. The molecule has 0 N–H and O–H groups in total. The van der Waals surface area contributed by atoms with E-state index in [0.29, 0.717) is 6.42 Å². The molecule has 0 aliphatic heterocycles. The molecule has 2 rings (SSSR count). The van der Waals surface area contributed by atoms with Gasteiger partial charge in [-0.25, -0.2) is 0 Å². The molecular formula is C19H21NOS. The highest BCUT2D eigenvalue weighted by atomic mass is 32.2. The molecule has 0 heterocycles. The van der Waals surface area contributed by atoms with E-state index in [2.05, 4.69) is 18.0 Å². The predicted octanol–water partition coefficient (Wildman–Crippen LogP) is 5.55. The minimum absolute atomic E-state index is 0.112. The number of aliphatic imine (C=N–C) groups is 1. The van der Waals surface area contributed by atoms with Gasteiger partial charge in [-0.2, -0.15) is 0 Å². The molecule has 0 amide bonds. The molecule has 22 heavy (non-hydrogen) atoms. The molecule has 0 aliphatic carbocycles. The Hall–Kier alpha value is -1.87. The van der Waals surface area contributed by atoms with Crippen molar-refractivity contribution in [2.75, 3.05) is 5.75 Å². The van der Waals surface area contributed by atoms with Gasteiger partial charge in [-0.05, 0) is 31.2 Å². The van der Waals surface area contributed by atoms with E-state index in [1.165, 1.54) is 4.90 Å². The molecular weight excluding hydrogens is 290 g/mol. The Bertz CT molecular complexity index is 649. The summed E-state index contributed by atoms with van der Waals surface area (Å²) in [4.78, 5) is 18.0. The highest BCUT2D eigenvalue weighted by Gasteiger charge is 2.08. The summed E-state index contributed by atoms with van der Waals surface area (Å²) < 4.78 is 0. The van der Waals surface area contributed by atoms with Gasteiger partial charge in [-0.3, -0.25) is 9.79 Å². The Morgan fingerprint density at radius 1 is 1.05 bits per heavy atom. The fraction of sp³-hybridized carbons (Fsp3) is 0.263. The van der Waals surface area contributed by atoms with Gasteiger partial charge in [0.2, 0.25) is 0 Å². The molecule has 114 valence electrons. The van der Waals surface area contributed by atoms with Crippen molar-refractivity contribution in [3.63, 3.8) is 0 Å². The molecule has 0 saturated heterocycles. The maximum Gasteiger partial charge on any atom is 0.168 e. The van der Waals surface area contributed by atoms with Gasteiger partial charge < -0.3 is 0 Å². The van der Waals surface area contributed by atoms with Crippen molar-refractivity contribution in [1.29, 1.82) is 0 Å². The van der Waals surface area contributed by atoms with Crippen LogP contribution in [0.3, 0.4) is 0 Å². The number of hydrogen-bond acceptors (Lipinski definition) is 3. The number of thioether (sulfide) groups is 1.